The van der Waals surface area contributed by atoms with Gasteiger partial charge < -0.3 is 37.9 Å². The van der Waals surface area contributed by atoms with E-state index < -0.39 is 0 Å². The van der Waals surface area contributed by atoms with E-state index in [1.54, 1.807) is 40.8 Å². The number of pyridine rings is 2. The Bertz CT molecular complexity index is 1690. The van der Waals surface area contributed by atoms with Crippen LogP contribution < -0.4 is 28.4 Å². The van der Waals surface area contributed by atoms with Gasteiger partial charge in [-0.05, 0) is 49.9 Å². The highest BCUT2D eigenvalue weighted by molar-refractivity contribution is 5.89. The smallest absolute Gasteiger partial charge is 0.168 e. The molecule has 7 rings (SSSR count). The van der Waals surface area contributed by atoms with Crippen LogP contribution >= 0.6 is 0 Å². The molecular weight excluding hydrogens is 604 g/mol. The van der Waals surface area contributed by atoms with Gasteiger partial charge in [-0.25, -0.2) is 0 Å². The summed E-state index contributed by atoms with van der Waals surface area (Å²) in [5.74, 6) is 4.17. The number of fused-ring (bicyclic) bond motifs is 2. The van der Waals surface area contributed by atoms with Crippen LogP contribution in [-0.2, 0) is 14.3 Å². The lowest BCUT2D eigenvalue weighted by Crippen LogP contribution is -2.38. The summed E-state index contributed by atoms with van der Waals surface area (Å²) in [4.78, 5) is 20.1. The van der Waals surface area contributed by atoms with Crippen molar-refractivity contribution >= 4 is 27.6 Å². The first-order chi connectivity index (χ1) is 22.9. The van der Waals surface area contributed by atoms with E-state index in [-0.39, 0.29) is 18.0 Å². The summed E-state index contributed by atoms with van der Waals surface area (Å²) in [7, 11) is 6.45. The summed E-state index contributed by atoms with van der Waals surface area (Å²) in [6.45, 7) is 1.39. The molecule has 3 fully saturated rings. The Labute approximate surface area is 274 Å². The molecule has 0 unspecified atom stereocenters. The molecule has 250 valence electrons. The molecule has 2 saturated carbocycles. The van der Waals surface area contributed by atoms with Crippen LogP contribution in [0.25, 0.3) is 21.8 Å². The number of carbonyl (C=O) groups is 1. The zero-order chi connectivity index (χ0) is 32.8. The number of hydrogen-bond acceptors (Lipinski definition) is 11. The Morgan fingerprint density at radius 2 is 1.04 bits per heavy atom. The number of rotatable bonds is 8. The number of hydrogen-bond donors (Lipinski definition) is 0. The molecule has 0 bridgehead atoms. The van der Waals surface area contributed by atoms with Crippen molar-refractivity contribution in [2.75, 3.05) is 41.7 Å². The molecule has 3 aliphatic rings. The van der Waals surface area contributed by atoms with E-state index in [2.05, 4.69) is 9.97 Å². The molecule has 0 atom stereocenters. The fourth-order valence-corrected chi connectivity index (χ4v) is 6.43. The van der Waals surface area contributed by atoms with Crippen molar-refractivity contribution in [2.24, 2.45) is 0 Å². The summed E-state index contributed by atoms with van der Waals surface area (Å²) in [6.07, 6.45) is 10.0. The van der Waals surface area contributed by atoms with Gasteiger partial charge in [-0.15, -0.1) is 0 Å². The molecule has 0 radical (unpaired) electrons. The van der Waals surface area contributed by atoms with Gasteiger partial charge in [0.05, 0.1) is 64.9 Å². The van der Waals surface area contributed by atoms with Gasteiger partial charge in [0, 0.05) is 61.0 Å². The van der Waals surface area contributed by atoms with Crippen molar-refractivity contribution in [3.63, 3.8) is 0 Å². The highest BCUT2D eigenvalue weighted by Gasteiger charge is 2.41. The zero-order valence-corrected chi connectivity index (χ0v) is 27.4. The first-order valence-corrected chi connectivity index (χ1v) is 16.1. The van der Waals surface area contributed by atoms with Gasteiger partial charge in [0.25, 0.3) is 0 Å². The number of ether oxygens (including phenoxy) is 8. The summed E-state index contributed by atoms with van der Waals surface area (Å²) >= 11 is 0. The lowest BCUT2D eigenvalue weighted by molar-refractivity contribution is -0.185. The van der Waals surface area contributed by atoms with Crippen LogP contribution in [0, 0.1) is 0 Å². The third kappa shape index (κ3) is 7.31. The molecule has 0 amide bonds. The van der Waals surface area contributed by atoms with Crippen LogP contribution in [0.1, 0.15) is 51.4 Å². The zero-order valence-electron chi connectivity index (χ0n) is 27.4. The Balaban J connectivity index is 0.000000166. The third-order valence-corrected chi connectivity index (χ3v) is 9.00. The van der Waals surface area contributed by atoms with Crippen molar-refractivity contribution in [1.82, 2.24) is 9.97 Å². The highest BCUT2D eigenvalue weighted by atomic mass is 16.7. The van der Waals surface area contributed by atoms with Crippen molar-refractivity contribution in [3.05, 3.63) is 48.8 Å². The van der Waals surface area contributed by atoms with Gasteiger partial charge in [-0.1, -0.05) is 0 Å². The Hall–Kier alpha value is -4.35. The summed E-state index contributed by atoms with van der Waals surface area (Å²) < 4.78 is 45.4. The number of methoxy groups -OCH3 is 4. The van der Waals surface area contributed by atoms with Gasteiger partial charge in [0.15, 0.2) is 28.8 Å². The number of ketones is 1. The molecule has 1 spiro atoms. The number of Topliss-reactive ketones (excluding diaryl/α,β-unsaturated/α-hetero) is 1. The molecule has 47 heavy (non-hydrogen) atoms. The number of benzene rings is 2. The molecule has 0 N–H and O–H groups in total. The fourth-order valence-electron chi connectivity index (χ4n) is 6.43. The molecule has 11 heteroatoms. The topological polar surface area (TPSA) is 117 Å². The number of carbonyl (C=O) groups excluding carboxylic acids is 1. The number of aromatic nitrogens is 2. The van der Waals surface area contributed by atoms with Crippen LogP contribution in [0.15, 0.2) is 48.8 Å². The van der Waals surface area contributed by atoms with E-state index in [0.717, 1.165) is 71.8 Å². The predicted octanol–water partition coefficient (Wildman–Crippen LogP) is 6.46. The van der Waals surface area contributed by atoms with Crippen LogP contribution in [0.2, 0.25) is 0 Å². The number of nitrogens with zero attached hydrogens (tertiary/aromatic N) is 2. The second kappa shape index (κ2) is 14.6. The third-order valence-electron chi connectivity index (χ3n) is 9.00. The van der Waals surface area contributed by atoms with E-state index >= 15 is 0 Å². The SMILES string of the molecule is COc1cc2nccc(OC3CCC(=O)CC3)c2cc1OC.COc1cc2nccc(OC3CCC4(CC3)OCCO4)c2cc1OC. The maximum Gasteiger partial charge on any atom is 0.168 e. The molecule has 3 heterocycles. The van der Waals surface area contributed by atoms with Gasteiger partial charge in [0.1, 0.15) is 17.3 Å². The molecular formula is C36H42N2O9. The van der Waals surface area contributed by atoms with Gasteiger partial charge in [-0.2, -0.15) is 0 Å². The van der Waals surface area contributed by atoms with Crippen molar-refractivity contribution in [1.29, 1.82) is 0 Å². The molecule has 2 aromatic carbocycles. The van der Waals surface area contributed by atoms with Crippen LogP contribution in [-0.4, -0.2) is 75.4 Å². The average molecular weight is 647 g/mol. The molecule has 2 aromatic heterocycles. The maximum atomic E-state index is 11.3. The quantitative estimate of drug-likeness (QED) is 0.210. The minimum atomic E-state index is -0.364. The Morgan fingerprint density at radius 1 is 0.617 bits per heavy atom. The fraction of sp³-hybridized carbons (Fsp3) is 0.472. The highest BCUT2D eigenvalue weighted by Crippen LogP contribution is 2.40. The van der Waals surface area contributed by atoms with Crippen molar-refractivity contribution in [2.45, 2.75) is 69.4 Å². The minimum Gasteiger partial charge on any atom is -0.493 e. The van der Waals surface area contributed by atoms with Crippen LogP contribution in [0.4, 0.5) is 0 Å². The first-order valence-electron chi connectivity index (χ1n) is 16.1. The van der Waals surface area contributed by atoms with Gasteiger partial charge in [0.2, 0.25) is 0 Å². The first kappa shape index (κ1) is 32.6. The van der Waals surface area contributed by atoms with E-state index in [9.17, 15) is 4.79 Å². The molecule has 1 aliphatic heterocycles. The lowest BCUT2D eigenvalue weighted by Gasteiger charge is -2.35. The molecule has 2 aliphatic carbocycles. The molecule has 11 nitrogen and oxygen atoms in total. The van der Waals surface area contributed by atoms with Crippen LogP contribution in [0.3, 0.4) is 0 Å². The summed E-state index contributed by atoms with van der Waals surface area (Å²) in [6, 6.07) is 11.3. The van der Waals surface area contributed by atoms with E-state index in [4.69, 9.17) is 37.9 Å². The lowest BCUT2D eigenvalue weighted by atomic mass is 9.91. The monoisotopic (exact) mass is 646 g/mol. The second-order valence-corrected chi connectivity index (χ2v) is 11.8. The summed E-state index contributed by atoms with van der Waals surface area (Å²) in [5.41, 5.74) is 1.62. The van der Waals surface area contributed by atoms with Gasteiger partial charge >= 0.3 is 0 Å². The normalized spacial score (nSPS) is 18.1. The van der Waals surface area contributed by atoms with Gasteiger partial charge in [-0.3, -0.25) is 14.8 Å². The van der Waals surface area contributed by atoms with Crippen LogP contribution in [0.5, 0.6) is 34.5 Å². The molecule has 1 saturated heterocycles. The second-order valence-electron chi connectivity index (χ2n) is 11.8. The maximum absolute atomic E-state index is 11.3. The largest absolute Gasteiger partial charge is 0.493 e. The Kier molecular flexibility index (Phi) is 10.1. The van der Waals surface area contributed by atoms with Crippen molar-refractivity contribution in [3.8, 4) is 34.5 Å². The summed E-state index contributed by atoms with van der Waals surface area (Å²) in [5, 5.41) is 1.81. The average Bonchev–Trinajstić information content (AvgIpc) is 3.57. The van der Waals surface area contributed by atoms with E-state index in [1.165, 1.54) is 0 Å². The van der Waals surface area contributed by atoms with E-state index in [1.807, 2.05) is 36.4 Å². The van der Waals surface area contributed by atoms with Crippen molar-refractivity contribution < 1.29 is 42.7 Å². The van der Waals surface area contributed by atoms with E-state index in [0.29, 0.717) is 54.8 Å². The standard InChI is InChI=1S/C19H23NO5.C17H19NO4/c1-21-17-11-14-15(12-18(17)22-2)20-8-5-16(14)25-13-3-6-19(7-4-13)23-9-10-24-19;1-20-16-9-13-14(10-17(16)21-2)18-8-7-15(13)22-12-5-3-11(19)4-6-12/h5,8,11-13H,3-4,6-7,9-10H2,1-2H3;7-10,12H,3-6H2,1-2H3. The minimum absolute atomic E-state index is 0.0800. The Morgan fingerprint density at radius 3 is 1.49 bits per heavy atom. The predicted molar refractivity (Wildman–Crippen MR) is 175 cm³/mol. The molecule has 4 aromatic rings.